The van der Waals surface area contributed by atoms with Gasteiger partial charge >= 0.3 is 6.09 Å². The van der Waals surface area contributed by atoms with Gasteiger partial charge in [-0.25, -0.2) is 9.78 Å². The predicted molar refractivity (Wildman–Crippen MR) is 140 cm³/mol. The number of likely N-dealkylation sites (tertiary alicyclic amines) is 1. The van der Waals surface area contributed by atoms with E-state index in [4.69, 9.17) is 14.0 Å². The highest BCUT2D eigenvalue weighted by Gasteiger charge is 2.27. The van der Waals surface area contributed by atoms with E-state index in [9.17, 15) is 4.79 Å². The van der Waals surface area contributed by atoms with Crippen molar-refractivity contribution in [1.29, 1.82) is 0 Å². The molecule has 0 N–H and O–H groups in total. The lowest BCUT2D eigenvalue weighted by molar-refractivity contribution is 0.0126. The van der Waals surface area contributed by atoms with Crippen LogP contribution in [-0.2, 0) is 4.74 Å². The van der Waals surface area contributed by atoms with Gasteiger partial charge in [0, 0.05) is 49.0 Å². The molecule has 194 valence electrons. The molecule has 1 aromatic carbocycles. The van der Waals surface area contributed by atoms with E-state index in [1.807, 2.05) is 81.8 Å². The average Bonchev–Trinajstić information content (AvgIpc) is 3.51. The molecule has 1 aliphatic heterocycles. The van der Waals surface area contributed by atoms with Crippen molar-refractivity contribution in [2.45, 2.75) is 65.1 Å². The molecular formula is C28H33N5O4. The van der Waals surface area contributed by atoms with Crippen molar-refractivity contribution in [3.8, 4) is 23.0 Å². The van der Waals surface area contributed by atoms with Gasteiger partial charge in [-0.2, -0.15) is 4.98 Å². The third-order valence-electron chi connectivity index (χ3n) is 6.26. The number of fused-ring (bicyclic) bond motifs is 1. The second kappa shape index (κ2) is 9.88. The number of piperidine rings is 1. The zero-order valence-electron chi connectivity index (χ0n) is 22.0. The van der Waals surface area contributed by atoms with Crippen molar-refractivity contribution < 1.29 is 18.8 Å². The number of carbonyl (C=O) groups excluding carboxylic acids is 1. The van der Waals surface area contributed by atoms with E-state index < -0.39 is 5.60 Å². The fourth-order valence-electron chi connectivity index (χ4n) is 4.32. The molecule has 5 rings (SSSR count). The largest absolute Gasteiger partial charge is 0.489 e. The number of ether oxygens (including phenoxy) is 2. The number of hydrogen-bond donors (Lipinski definition) is 0. The minimum atomic E-state index is -0.489. The summed E-state index contributed by atoms with van der Waals surface area (Å²) in [5.41, 5.74) is 1.43. The van der Waals surface area contributed by atoms with Gasteiger partial charge in [-0.05, 0) is 57.2 Å². The van der Waals surface area contributed by atoms with Crippen molar-refractivity contribution >= 4 is 17.0 Å². The highest BCUT2D eigenvalue weighted by Crippen LogP contribution is 2.27. The number of hydrogen-bond acceptors (Lipinski definition) is 7. The molecule has 9 nitrogen and oxygen atoms in total. The first-order valence-electron chi connectivity index (χ1n) is 12.7. The van der Waals surface area contributed by atoms with Crippen LogP contribution in [0.15, 0.2) is 53.3 Å². The number of nitrogens with zero attached hydrogens (tertiary/aromatic N) is 5. The van der Waals surface area contributed by atoms with Gasteiger partial charge in [-0.15, -0.1) is 0 Å². The topological polar surface area (TPSA) is 95.5 Å². The minimum Gasteiger partial charge on any atom is -0.489 e. The van der Waals surface area contributed by atoms with Crippen LogP contribution in [0.4, 0.5) is 4.79 Å². The van der Waals surface area contributed by atoms with Crippen LogP contribution in [0.5, 0.6) is 5.75 Å². The Morgan fingerprint density at radius 1 is 1.11 bits per heavy atom. The summed E-state index contributed by atoms with van der Waals surface area (Å²) in [6.07, 6.45) is 5.03. The number of rotatable bonds is 5. The molecule has 4 aromatic rings. The van der Waals surface area contributed by atoms with E-state index in [1.165, 1.54) is 0 Å². The number of carbonyl (C=O) groups is 1. The highest BCUT2D eigenvalue weighted by atomic mass is 16.6. The lowest BCUT2D eigenvalue weighted by atomic mass is 10.1. The Morgan fingerprint density at radius 2 is 1.89 bits per heavy atom. The lowest BCUT2D eigenvalue weighted by Gasteiger charge is -2.33. The molecule has 1 fully saturated rings. The van der Waals surface area contributed by atoms with Gasteiger partial charge in [-0.3, -0.25) is 0 Å². The Balaban J connectivity index is 1.22. The van der Waals surface area contributed by atoms with E-state index >= 15 is 0 Å². The van der Waals surface area contributed by atoms with Gasteiger partial charge in [0.25, 0.3) is 5.89 Å². The molecule has 0 bridgehead atoms. The molecule has 0 unspecified atom stereocenters. The summed E-state index contributed by atoms with van der Waals surface area (Å²) in [4.78, 5) is 23.2. The first-order chi connectivity index (χ1) is 17.7. The quantitative estimate of drug-likeness (QED) is 0.331. The standard InChI is InChI=1S/C28H33N5O4/c1-18(2)25-30-26(37-31-25)20-6-8-23-19(16-20)10-15-33(23)24-9-7-22(17-29-24)35-21-11-13-32(14-12-21)27(34)36-28(3,4)5/h6-10,15-18,21H,11-14H2,1-5H3. The summed E-state index contributed by atoms with van der Waals surface area (Å²) in [6, 6.07) is 12.0. The second-order valence-electron chi connectivity index (χ2n) is 10.7. The maximum Gasteiger partial charge on any atom is 0.410 e. The smallest absolute Gasteiger partial charge is 0.410 e. The molecule has 37 heavy (non-hydrogen) atoms. The summed E-state index contributed by atoms with van der Waals surface area (Å²) in [6.45, 7) is 10.9. The maximum atomic E-state index is 12.3. The van der Waals surface area contributed by atoms with Crippen LogP contribution in [0.25, 0.3) is 28.2 Å². The van der Waals surface area contributed by atoms with Gasteiger partial charge in [0.05, 0.1) is 11.7 Å². The van der Waals surface area contributed by atoms with Gasteiger partial charge in [0.2, 0.25) is 0 Å². The minimum absolute atomic E-state index is 0.0399. The second-order valence-corrected chi connectivity index (χ2v) is 10.7. The van der Waals surface area contributed by atoms with Crippen LogP contribution in [0.1, 0.15) is 59.2 Å². The summed E-state index contributed by atoms with van der Waals surface area (Å²) in [5.74, 6) is 2.96. The molecule has 0 saturated carbocycles. The average molecular weight is 504 g/mol. The molecule has 3 aromatic heterocycles. The first-order valence-corrected chi connectivity index (χ1v) is 12.7. The van der Waals surface area contributed by atoms with Gasteiger partial charge in [0.15, 0.2) is 5.82 Å². The van der Waals surface area contributed by atoms with E-state index in [0.29, 0.717) is 24.8 Å². The molecule has 9 heteroatoms. The summed E-state index contributed by atoms with van der Waals surface area (Å²) in [5, 5.41) is 5.12. The maximum absolute atomic E-state index is 12.3. The Bertz CT molecular complexity index is 1380. The van der Waals surface area contributed by atoms with Crippen LogP contribution in [0.3, 0.4) is 0 Å². The van der Waals surface area contributed by atoms with E-state index in [1.54, 1.807) is 11.1 Å². The summed E-state index contributed by atoms with van der Waals surface area (Å²) in [7, 11) is 0. The number of amides is 1. The van der Waals surface area contributed by atoms with Gasteiger partial charge in [0.1, 0.15) is 23.3 Å². The fraction of sp³-hybridized carbons (Fsp3) is 0.429. The normalized spacial score (nSPS) is 14.9. The number of benzene rings is 1. The monoisotopic (exact) mass is 503 g/mol. The van der Waals surface area contributed by atoms with Gasteiger partial charge in [-0.1, -0.05) is 19.0 Å². The summed E-state index contributed by atoms with van der Waals surface area (Å²) < 4.78 is 19.1. The Morgan fingerprint density at radius 3 is 2.54 bits per heavy atom. The van der Waals surface area contributed by atoms with Gasteiger partial charge < -0.3 is 23.5 Å². The molecule has 0 spiro atoms. The molecule has 1 amide bonds. The van der Waals surface area contributed by atoms with Crippen molar-refractivity contribution in [1.82, 2.24) is 24.6 Å². The number of pyridine rings is 1. The number of aromatic nitrogens is 4. The molecule has 1 aliphatic rings. The van der Waals surface area contributed by atoms with Crippen LogP contribution < -0.4 is 4.74 Å². The van der Waals surface area contributed by atoms with E-state index in [0.717, 1.165) is 40.9 Å². The SMILES string of the molecule is CC(C)c1noc(-c2ccc3c(ccn3-c3ccc(OC4CCN(C(=O)OC(C)(C)C)CC4)cn3)c2)n1. The zero-order chi connectivity index (χ0) is 26.2. The lowest BCUT2D eigenvalue weighted by Crippen LogP contribution is -2.44. The molecule has 0 atom stereocenters. The van der Waals surface area contributed by atoms with Crippen molar-refractivity contribution in [3.05, 3.63) is 54.6 Å². The Kier molecular flexibility index (Phi) is 6.62. The molecule has 0 aliphatic carbocycles. The summed E-state index contributed by atoms with van der Waals surface area (Å²) >= 11 is 0. The Hall–Kier alpha value is -3.88. The van der Waals surface area contributed by atoms with Crippen LogP contribution >= 0.6 is 0 Å². The Labute approximate surface area is 216 Å². The molecule has 4 heterocycles. The van der Waals surface area contributed by atoms with Crippen LogP contribution in [0, 0.1) is 0 Å². The van der Waals surface area contributed by atoms with E-state index in [-0.39, 0.29) is 18.1 Å². The predicted octanol–water partition coefficient (Wildman–Crippen LogP) is 5.98. The van der Waals surface area contributed by atoms with E-state index in [2.05, 4.69) is 15.1 Å². The molecular weight excluding hydrogens is 470 g/mol. The van der Waals surface area contributed by atoms with Crippen LogP contribution in [-0.4, -0.2) is 55.5 Å². The fourth-order valence-corrected chi connectivity index (χ4v) is 4.32. The van der Waals surface area contributed by atoms with Crippen molar-refractivity contribution in [3.63, 3.8) is 0 Å². The van der Waals surface area contributed by atoms with Crippen LogP contribution in [0.2, 0.25) is 0 Å². The third-order valence-corrected chi connectivity index (χ3v) is 6.26. The van der Waals surface area contributed by atoms with Crippen molar-refractivity contribution in [2.75, 3.05) is 13.1 Å². The molecule has 0 radical (unpaired) electrons. The third kappa shape index (κ3) is 5.60. The molecule has 1 saturated heterocycles. The first kappa shape index (κ1) is 24.8. The zero-order valence-corrected chi connectivity index (χ0v) is 22.0. The van der Waals surface area contributed by atoms with Crippen molar-refractivity contribution in [2.24, 2.45) is 0 Å². The highest BCUT2D eigenvalue weighted by molar-refractivity contribution is 5.85.